The summed E-state index contributed by atoms with van der Waals surface area (Å²) in [5, 5.41) is 8.15. The van der Waals surface area contributed by atoms with Crippen molar-refractivity contribution in [2.75, 3.05) is 7.11 Å². The van der Waals surface area contributed by atoms with E-state index in [0.29, 0.717) is 11.8 Å². The number of benzene rings is 2. The van der Waals surface area contributed by atoms with Crippen LogP contribution in [-0.2, 0) is 11.3 Å². The van der Waals surface area contributed by atoms with E-state index in [2.05, 4.69) is 16.3 Å². The lowest BCUT2D eigenvalue weighted by atomic mass is 10.1. The van der Waals surface area contributed by atoms with Crippen LogP contribution in [0.25, 0.3) is 0 Å². The first kappa shape index (κ1) is 16.2. The third-order valence-electron chi connectivity index (χ3n) is 3.74. The Morgan fingerprint density at radius 2 is 1.83 bits per heavy atom. The van der Waals surface area contributed by atoms with E-state index in [0.717, 1.165) is 22.4 Å². The van der Waals surface area contributed by atoms with Gasteiger partial charge in [-0.05, 0) is 36.6 Å². The van der Waals surface area contributed by atoms with Crippen molar-refractivity contribution in [3.63, 3.8) is 0 Å². The molecular formula is C19H20N2O3. The molecule has 3 aromatic rings. The molecule has 1 aromatic heterocycles. The largest absolute Gasteiger partial charge is 0.484 e. The van der Waals surface area contributed by atoms with Gasteiger partial charge < -0.3 is 13.9 Å². The van der Waals surface area contributed by atoms with Gasteiger partial charge in [0.1, 0.15) is 5.75 Å². The average molecular weight is 324 g/mol. The van der Waals surface area contributed by atoms with E-state index in [1.807, 2.05) is 56.3 Å². The van der Waals surface area contributed by atoms with Gasteiger partial charge in [0, 0.05) is 7.11 Å². The molecule has 0 aliphatic rings. The number of nitrogens with zero attached hydrogens (tertiary/aromatic N) is 2. The van der Waals surface area contributed by atoms with Gasteiger partial charge in [-0.2, -0.15) is 0 Å². The summed E-state index contributed by atoms with van der Waals surface area (Å²) in [7, 11) is 1.62. The van der Waals surface area contributed by atoms with Crippen LogP contribution in [0.1, 0.15) is 34.6 Å². The Balaban J connectivity index is 1.72. The zero-order valence-corrected chi connectivity index (χ0v) is 14.0. The van der Waals surface area contributed by atoms with Gasteiger partial charge in [-0.25, -0.2) is 0 Å². The average Bonchev–Trinajstić information content (AvgIpc) is 3.06. The molecule has 0 bridgehead atoms. The zero-order chi connectivity index (χ0) is 16.9. The molecule has 0 unspecified atom stereocenters. The fourth-order valence-electron chi connectivity index (χ4n) is 2.44. The van der Waals surface area contributed by atoms with Gasteiger partial charge in [-0.1, -0.05) is 42.5 Å². The van der Waals surface area contributed by atoms with Crippen molar-refractivity contribution in [1.29, 1.82) is 0 Å². The molecule has 0 aliphatic carbocycles. The second kappa shape index (κ2) is 7.27. The van der Waals surface area contributed by atoms with Gasteiger partial charge in [0.15, 0.2) is 12.7 Å². The first-order valence-corrected chi connectivity index (χ1v) is 7.77. The molecule has 0 spiro atoms. The molecule has 0 radical (unpaired) electrons. The fraction of sp³-hybridized carbons (Fsp3) is 0.263. The molecule has 2 aromatic carbocycles. The molecular weight excluding hydrogens is 304 g/mol. The molecule has 5 heteroatoms. The van der Waals surface area contributed by atoms with Gasteiger partial charge in [-0.15, -0.1) is 10.2 Å². The maximum absolute atomic E-state index is 5.80. The third-order valence-corrected chi connectivity index (χ3v) is 3.74. The molecule has 0 aliphatic heterocycles. The molecule has 1 heterocycles. The summed E-state index contributed by atoms with van der Waals surface area (Å²) in [6.07, 6.45) is -0.381. The van der Waals surface area contributed by atoms with Crippen molar-refractivity contribution in [2.45, 2.75) is 26.6 Å². The predicted molar refractivity (Wildman–Crippen MR) is 89.8 cm³/mol. The Morgan fingerprint density at radius 3 is 2.58 bits per heavy atom. The van der Waals surface area contributed by atoms with Crippen LogP contribution in [0.4, 0.5) is 0 Å². The van der Waals surface area contributed by atoms with Crippen LogP contribution in [-0.4, -0.2) is 17.3 Å². The zero-order valence-electron chi connectivity index (χ0n) is 14.0. The number of hydrogen-bond donors (Lipinski definition) is 0. The molecule has 1 atom stereocenters. The summed E-state index contributed by atoms with van der Waals surface area (Å²) < 4.78 is 17.0. The third kappa shape index (κ3) is 3.63. The highest BCUT2D eigenvalue weighted by atomic mass is 16.5. The Morgan fingerprint density at radius 1 is 1.04 bits per heavy atom. The summed E-state index contributed by atoms with van der Waals surface area (Å²) in [5.74, 6) is 1.66. The number of aryl methyl sites for hydroxylation is 2. The van der Waals surface area contributed by atoms with Crippen molar-refractivity contribution in [2.24, 2.45) is 0 Å². The van der Waals surface area contributed by atoms with E-state index < -0.39 is 0 Å². The van der Waals surface area contributed by atoms with E-state index >= 15 is 0 Å². The van der Waals surface area contributed by atoms with E-state index in [1.54, 1.807) is 7.11 Å². The molecule has 0 N–H and O–H groups in total. The number of hydrogen-bond acceptors (Lipinski definition) is 5. The Kier molecular flexibility index (Phi) is 4.91. The highest BCUT2D eigenvalue weighted by Gasteiger charge is 2.20. The van der Waals surface area contributed by atoms with E-state index in [9.17, 15) is 0 Å². The van der Waals surface area contributed by atoms with Gasteiger partial charge in [0.2, 0.25) is 5.89 Å². The molecule has 3 rings (SSSR count). The molecule has 24 heavy (non-hydrogen) atoms. The minimum atomic E-state index is -0.381. The van der Waals surface area contributed by atoms with Crippen molar-refractivity contribution in [3.05, 3.63) is 77.0 Å². The van der Waals surface area contributed by atoms with Crippen LogP contribution in [0.3, 0.4) is 0 Å². The molecule has 0 saturated heterocycles. The van der Waals surface area contributed by atoms with Crippen molar-refractivity contribution in [3.8, 4) is 5.75 Å². The van der Waals surface area contributed by atoms with Crippen LogP contribution < -0.4 is 4.74 Å². The first-order chi connectivity index (χ1) is 11.7. The Hall–Kier alpha value is -2.66. The molecule has 0 saturated carbocycles. The van der Waals surface area contributed by atoms with Crippen molar-refractivity contribution in [1.82, 2.24) is 10.2 Å². The topological polar surface area (TPSA) is 57.4 Å². The number of methoxy groups -OCH3 is 1. The minimum Gasteiger partial charge on any atom is -0.484 e. The maximum atomic E-state index is 5.80. The lowest BCUT2D eigenvalue weighted by Crippen LogP contribution is -2.03. The monoisotopic (exact) mass is 324 g/mol. The van der Waals surface area contributed by atoms with Crippen LogP contribution in [0, 0.1) is 13.8 Å². The fourth-order valence-corrected chi connectivity index (χ4v) is 2.44. The Bertz CT molecular complexity index is 799. The van der Waals surface area contributed by atoms with Gasteiger partial charge in [0.05, 0.1) is 0 Å². The van der Waals surface area contributed by atoms with Crippen LogP contribution in [0.2, 0.25) is 0 Å². The number of aromatic nitrogens is 2. The normalized spacial score (nSPS) is 12.1. The highest BCUT2D eigenvalue weighted by molar-refractivity contribution is 5.35. The molecule has 5 nitrogen and oxygen atoms in total. The van der Waals surface area contributed by atoms with E-state index in [1.165, 1.54) is 0 Å². The summed E-state index contributed by atoms with van der Waals surface area (Å²) in [6.45, 7) is 4.26. The summed E-state index contributed by atoms with van der Waals surface area (Å²) in [4.78, 5) is 0. The van der Waals surface area contributed by atoms with Crippen molar-refractivity contribution >= 4 is 0 Å². The molecule has 124 valence electrons. The van der Waals surface area contributed by atoms with Crippen molar-refractivity contribution < 1.29 is 13.9 Å². The quantitative estimate of drug-likeness (QED) is 0.686. The van der Waals surface area contributed by atoms with Gasteiger partial charge in [-0.3, -0.25) is 0 Å². The minimum absolute atomic E-state index is 0.225. The first-order valence-electron chi connectivity index (χ1n) is 7.77. The molecule has 0 amide bonds. The Labute approximate surface area is 141 Å². The second-order valence-electron chi connectivity index (χ2n) is 5.62. The molecule has 0 fully saturated rings. The summed E-state index contributed by atoms with van der Waals surface area (Å²) >= 11 is 0. The maximum Gasteiger partial charge on any atom is 0.254 e. The standard InChI is InChI=1S/C19H20N2O3/c1-13-9-10-14(2)16(11-13)23-12-17-20-21-19(24-17)18(22-3)15-7-5-4-6-8-15/h4-11,18H,12H2,1-3H3/t18-/m0/s1. The van der Waals surface area contributed by atoms with Crippen LogP contribution in [0.15, 0.2) is 52.9 Å². The van der Waals surface area contributed by atoms with E-state index in [4.69, 9.17) is 13.9 Å². The lowest BCUT2D eigenvalue weighted by Gasteiger charge is -2.11. The summed E-state index contributed by atoms with van der Waals surface area (Å²) in [5.41, 5.74) is 3.18. The highest BCUT2D eigenvalue weighted by Crippen LogP contribution is 2.25. The number of ether oxygens (including phenoxy) is 2. The summed E-state index contributed by atoms with van der Waals surface area (Å²) in [6, 6.07) is 15.8. The SMILES string of the molecule is CO[C@@H](c1ccccc1)c1nnc(COc2cc(C)ccc2C)o1. The van der Waals surface area contributed by atoms with Crippen LogP contribution >= 0.6 is 0 Å². The number of rotatable bonds is 6. The second-order valence-corrected chi connectivity index (χ2v) is 5.62. The van der Waals surface area contributed by atoms with Gasteiger partial charge in [0.25, 0.3) is 5.89 Å². The van der Waals surface area contributed by atoms with Crippen LogP contribution in [0.5, 0.6) is 5.75 Å². The van der Waals surface area contributed by atoms with Gasteiger partial charge >= 0.3 is 0 Å². The smallest absolute Gasteiger partial charge is 0.254 e. The lowest BCUT2D eigenvalue weighted by molar-refractivity contribution is 0.108. The predicted octanol–water partition coefficient (Wildman–Crippen LogP) is 4.00. The van der Waals surface area contributed by atoms with E-state index in [-0.39, 0.29) is 12.7 Å².